The number of ether oxygens (including phenoxy) is 1. The molecule has 0 bridgehead atoms. The second kappa shape index (κ2) is 2.33. The smallest absolute Gasteiger partial charge is 0.114 e. The van der Waals surface area contributed by atoms with E-state index in [-0.39, 0.29) is 5.60 Å². The third-order valence-electron chi connectivity index (χ3n) is 2.69. The van der Waals surface area contributed by atoms with Crippen molar-refractivity contribution in [2.45, 2.75) is 26.4 Å². The first-order valence-electron chi connectivity index (χ1n) is 4.33. The monoisotopic (exact) mass is 162 g/mol. The van der Waals surface area contributed by atoms with Gasteiger partial charge < -0.3 is 4.74 Å². The van der Waals surface area contributed by atoms with Crippen molar-refractivity contribution in [2.24, 2.45) is 0 Å². The van der Waals surface area contributed by atoms with Crippen molar-refractivity contribution in [1.82, 2.24) is 0 Å². The zero-order chi connectivity index (χ0) is 8.77. The van der Waals surface area contributed by atoms with Crippen LogP contribution in [-0.2, 0) is 10.3 Å². The van der Waals surface area contributed by atoms with E-state index in [0.29, 0.717) is 0 Å². The summed E-state index contributed by atoms with van der Waals surface area (Å²) in [5.74, 6) is 0. The Morgan fingerprint density at radius 3 is 2.42 bits per heavy atom. The van der Waals surface area contributed by atoms with Crippen molar-refractivity contribution >= 4 is 0 Å². The van der Waals surface area contributed by atoms with Crippen LogP contribution in [0.2, 0.25) is 0 Å². The minimum Gasteiger partial charge on any atom is -0.365 e. The van der Waals surface area contributed by atoms with Crippen LogP contribution in [0.25, 0.3) is 0 Å². The Kier molecular flexibility index (Phi) is 1.52. The van der Waals surface area contributed by atoms with Gasteiger partial charge in [-0.15, -0.1) is 0 Å². The van der Waals surface area contributed by atoms with Crippen LogP contribution >= 0.6 is 0 Å². The van der Waals surface area contributed by atoms with Gasteiger partial charge in [-0.1, -0.05) is 18.2 Å². The van der Waals surface area contributed by atoms with Gasteiger partial charge in [0.2, 0.25) is 0 Å². The molecule has 0 radical (unpaired) electrons. The largest absolute Gasteiger partial charge is 0.365 e. The van der Waals surface area contributed by atoms with Gasteiger partial charge >= 0.3 is 0 Å². The summed E-state index contributed by atoms with van der Waals surface area (Å²) in [7, 11) is 0. The maximum atomic E-state index is 5.38. The SMILES string of the molecule is Cc1ccc(C2(C)CO2)cc1C. The maximum absolute atomic E-state index is 5.38. The third-order valence-corrected chi connectivity index (χ3v) is 2.69. The second-order valence-corrected chi connectivity index (χ2v) is 3.82. The number of epoxide rings is 1. The lowest BCUT2D eigenvalue weighted by atomic mass is 9.98. The number of aryl methyl sites for hydroxylation is 2. The van der Waals surface area contributed by atoms with Gasteiger partial charge in [0, 0.05) is 0 Å². The molecule has 0 saturated carbocycles. The van der Waals surface area contributed by atoms with Gasteiger partial charge in [-0.25, -0.2) is 0 Å². The summed E-state index contributed by atoms with van der Waals surface area (Å²) < 4.78 is 5.38. The van der Waals surface area contributed by atoms with Crippen molar-refractivity contribution < 1.29 is 4.74 Å². The first kappa shape index (κ1) is 7.81. The number of hydrogen-bond acceptors (Lipinski definition) is 1. The summed E-state index contributed by atoms with van der Waals surface area (Å²) in [5, 5.41) is 0. The molecule has 0 spiro atoms. The fourth-order valence-electron chi connectivity index (χ4n) is 1.35. The molecular formula is C11H14O. The van der Waals surface area contributed by atoms with Crippen molar-refractivity contribution in [1.29, 1.82) is 0 Å². The molecule has 64 valence electrons. The van der Waals surface area contributed by atoms with Crippen LogP contribution < -0.4 is 0 Å². The summed E-state index contributed by atoms with van der Waals surface area (Å²) in [5.41, 5.74) is 4.04. The molecule has 1 aromatic rings. The molecule has 1 saturated heterocycles. The zero-order valence-corrected chi connectivity index (χ0v) is 7.85. The van der Waals surface area contributed by atoms with Crippen LogP contribution in [0.1, 0.15) is 23.6 Å². The van der Waals surface area contributed by atoms with Crippen molar-refractivity contribution in [3.63, 3.8) is 0 Å². The molecule has 1 heterocycles. The van der Waals surface area contributed by atoms with E-state index in [0.717, 1.165) is 6.61 Å². The van der Waals surface area contributed by atoms with Crippen molar-refractivity contribution in [2.75, 3.05) is 6.61 Å². The summed E-state index contributed by atoms with van der Waals surface area (Å²) >= 11 is 0. The van der Waals surface area contributed by atoms with Gasteiger partial charge in [-0.05, 0) is 37.5 Å². The first-order chi connectivity index (χ1) is 5.62. The molecule has 0 aromatic heterocycles. The van der Waals surface area contributed by atoms with Crippen LogP contribution in [0.5, 0.6) is 0 Å². The Morgan fingerprint density at radius 1 is 1.25 bits per heavy atom. The quantitative estimate of drug-likeness (QED) is 0.578. The Balaban J connectivity index is 2.41. The summed E-state index contributed by atoms with van der Waals surface area (Å²) in [4.78, 5) is 0. The maximum Gasteiger partial charge on any atom is 0.114 e. The molecule has 1 aliphatic rings. The van der Waals surface area contributed by atoms with E-state index in [2.05, 4.69) is 39.0 Å². The molecule has 12 heavy (non-hydrogen) atoms. The lowest BCUT2D eigenvalue weighted by Crippen LogP contribution is -2.02. The normalized spacial score (nSPS) is 27.2. The lowest BCUT2D eigenvalue weighted by Gasteiger charge is -2.07. The van der Waals surface area contributed by atoms with E-state index in [9.17, 15) is 0 Å². The standard InChI is InChI=1S/C11H14O/c1-8-4-5-10(6-9(8)2)11(3)7-12-11/h4-6H,7H2,1-3H3. The van der Waals surface area contributed by atoms with Crippen LogP contribution in [-0.4, -0.2) is 6.61 Å². The highest BCUT2D eigenvalue weighted by molar-refractivity contribution is 5.34. The first-order valence-corrected chi connectivity index (χ1v) is 4.33. The predicted molar refractivity (Wildman–Crippen MR) is 49.2 cm³/mol. The fourth-order valence-corrected chi connectivity index (χ4v) is 1.35. The Morgan fingerprint density at radius 2 is 1.92 bits per heavy atom. The van der Waals surface area contributed by atoms with Gasteiger partial charge in [0.1, 0.15) is 5.60 Å². The fraction of sp³-hybridized carbons (Fsp3) is 0.455. The number of benzene rings is 1. The Hall–Kier alpha value is -0.820. The number of rotatable bonds is 1. The molecule has 0 N–H and O–H groups in total. The molecule has 1 nitrogen and oxygen atoms in total. The van der Waals surface area contributed by atoms with E-state index >= 15 is 0 Å². The van der Waals surface area contributed by atoms with Crippen LogP contribution in [0.4, 0.5) is 0 Å². The molecule has 0 amide bonds. The summed E-state index contributed by atoms with van der Waals surface area (Å²) in [6, 6.07) is 6.55. The van der Waals surface area contributed by atoms with E-state index in [1.54, 1.807) is 0 Å². The summed E-state index contributed by atoms with van der Waals surface area (Å²) in [6.07, 6.45) is 0. The van der Waals surface area contributed by atoms with Gasteiger partial charge in [0.25, 0.3) is 0 Å². The molecular weight excluding hydrogens is 148 g/mol. The van der Waals surface area contributed by atoms with Crippen LogP contribution in [0, 0.1) is 13.8 Å². The molecule has 1 atom stereocenters. The third kappa shape index (κ3) is 1.14. The highest BCUT2D eigenvalue weighted by atomic mass is 16.6. The summed E-state index contributed by atoms with van der Waals surface area (Å²) in [6.45, 7) is 7.28. The molecule has 1 heteroatoms. The van der Waals surface area contributed by atoms with E-state index in [4.69, 9.17) is 4.74 Å². The van der Waals surface area contributed by atoms with Crippen molar-refractivity contribution in [3.05, 3.63) is 34.9 Å². The average Bonchev–Trinajstić information content (AvgIpc) is 2.75. The average molecular weight is 162 g/mol. The Bertz CT molecular complexity index is 311. The lowest BCUT2D eigenvalue weighted by molar-refractivity contribution is 0.329. The van der Waals surface area contributed by atoms with Gasteiger partial charge in [-0.2, -0.15) is 0 Å². The van der Waals surface area contributed by atoms with Crippen LogP contribution in [0.15, 0.2) is 18.2 Å². The zero-order valence-electron chi connectivity index (χ0n) is 7.85. The van der Waals surface area contributed by atoms with E-state index in [1.807, 2.05) is 0 Å². The van der Waals surface area contributed by atoms with Crippen LogP contribution in [0.3, 0.4) is 0 Å². The molecule has 1 fully saturated rings. The number of hydrogen-bond donors (Lipinski definition) is 0. The van der Waals surface area contributed by atoms with E-state index < -0.39 is 0 Å². The van der Waals surface area contributed by atoms with Gasteiger partial charge in [0.15, 0.2) is 0 Å². The topological polar surface area (TPSA) is 12.5 Å². The predicted octanol–water partition coefficient (Wildman–Crippen LogP) is 2.55. The highest BCUT2D eigenvalue weighted by Crippen LogP contribution is 2.38. The second-order valence-electron chi connectivity index (χ2n) is 3.82. The molecule has 0 aliphatic carbocycles. The molecule has 1 aliphatic heterocycles. The Labute approximate surface area is 73.4 Å². The highest BCUT2D eigenvalue weighted by Gasteiger charge is 2.40. The minimum atomic E-state index is 0.0262. The minimum absolute atomic E-state index is 0.0262. The van der Waals surface area contributed by atoms with E-state index in [1.165, 1.54) is 16.7 Å². The van der Waals surface area contributed by atoms with Crippen molar-refractivity contribution in [3.8, 4) is 0 Å². The van der Waals surface area contributed by atoms with Gasteiger partial charge in [-0.3, -0.25) is 0 Å². The molecule has 1 aromatic carbocycles. The van der Waals surface area contributed by atoms with Gasteiger partial charge in [0.05, 0.1) is 6.61 Å². The molecule has 1 unspecified atom stereocenters. The molecule has 2 rings (SSSR count).